The standard InChI is InChI=1S/C16H19N3O6S2/c1-4-19(10(2)20)16-18-12(9-26-16)8-25-15(21)11-5-6-13(24-3)14(7-11)27(17,22)23/h5-7,9H,4,8H2,1-3H3,(H2,17,22,23). The van der Waals surface area contributed by atoms with Crippen molar-refractivity contribution in [3.63, 3.8) is 0 Å². The number of hydrogen-bond acceptors (Lipinski definition) is 8. The number of esters is 1. The summed E-state index contributed by atoms with van der Waals surface area (Å²) in [6, 6.07) is 3.79. The predicted molar refractivity (Wildman–Crippen MR) is 99.3 cm³/mol. The number of thiazole rings is 1. The fourth-order valence-corrected chi connectivity index (χ4v) is 3.87. The maximum absolute atomic E-state index is 12.2. The van der Waals surface area contributed by atoms with Crippen molar-refractivity contribution >= 4 is 38.4 Å². The van der Waals surface area contributed by atoms with E-state index in [1.165, 1.54) is 42.4 Å². The second-order valence-electron chi connectivity index (χ2n) is 5.37. The maximum Gasteiger partial charge on any atom is 0.338 e. The van der Waals surface area contributed by atoms with Crippen molar-refractivity contribution < 1.29 is 27.5 Å². The number of anilines is 1. The SMILES string of the molecule is CCN(C(C)=O)c1nc(COC(=O)c2ccc(OC)c(S(N)(=O)=O)c2)cs1. The number of rotatable bonds is 7. The molecule has 9 nitrogen and oxygen atoms in total. The third-order valence-corrected chi connectivity index (χ3v) is 5.37. The van der Waals surface area contributed by atoms with Crippen LogP contribution in [0.2, 0.25) is 0 Å². The number of sulfonamides is 1. The molecule has 0 unspecified atom stereocenters. The van der Waals surface area contributed by atoms with Gasteiger partial charge in [-0.05, 0) is 25.1 Å². The minimum absolute atomic E-state index is 0.00852. The lowest BCUT2D eigenvalue weighted by molar-refractivity contribution is -0.116. The van der Waals surface area contributed by atoms with E-state index >= 15 is 0 Å². The molecular formula is C16H19N3O6S2. The third kappa shape index (κ3) is 5.02. The normalized spacial score (nSPS) is 11.1. The highest BCUT2D eigenvalue weighted by Gasteiger charge is 2.19. The highest BCUT2D eigenvalue weighted by Crippen LogP contribution is 2.25. The van der Waals surface area contributed by atoms with Gasteiger partial charge in [-0.25, -0.2) is 23.3 Å². The zero-order valence-electron chi connectivity index (χ0n) is 15.0. The number of methoxy groups -OCH3 is 1. The van der Waals surface area contributed by atoms with E-state index in [-0.39, 0.29) is 28.7 Å². The molecule has 0 spiro atoms. The van der Waals surface area contributed by atoms with Crippen LogP contribution in [0.5, 0.6) is 5.75 Å². The molecule has 0 aliphatic heterocycles. The van der Waals surface area contributed by atoms with Crippen LogP contribution in [0.25, 0.3) is 0 Å². The van der Waals surface area contributed by atoms with Crippen LogP contribution in [-0.4, -0.2) is 38.9 Å². The first-order chi connectivity index (χ1) is 12.7. The van der Waals surface area contributed by atoms with Crippen molar-refractivity contribution in [1.29, 1.82) is 0 Å². The van der Waals surface area contributed by atoms with Crippen molar-refractivity contribution in [1.82, 2.24) is 4.98 Å². The number of nitrogens with two attached hydrogens (primary N) is 1. The molecule has 1 aromatic heterocycles. The van der Waals surface area contributed by atoms with Gasteiger partial charge in [-0.1, -0.05) is 0 Å². The Morgan fingerprint density at radius 1 is 1.33 bits per heavy atom. The van der Waals surface area contributed by atoms with Gasteiger partial charge >= 0.3 is 5.97 Å². The summed E-state index contributed by atoms with van der Waals surface area (Å²) >= 11 is 1.26. The van der Waals surface area contributed by atoms with Crippen LogP contribution in [0, 0.1) is 0 Å². The van der Waals surface area contributed by atoms with Crippen molar-refractivity contribution in [2.75, 3.05) is 18.6 Å². The molecule has 0 saturated heterocycles. The summed E-state index contributed by atoms with van der Waals surface area (Å²) in [4.78, 5) is 29.2. The largest absolute Gasteiger partial charge is 0.495 e. The molecule has 1 heterocycles. The van der Waals surface area contributed by atoms with Crippen LogP contribution in [0.15, 0.2) is 28.5 Å². The Labute approximate surface area is 160 Å². The lowest BCUT2D eigenvalue weighted by atomic mass is 10.2. The van der Waals surface area contributed by atoms with Gasteiger partial charge in [0.1, 0.15) is 17.3 Å². The minimum Gasteiger partial charge on any atom is -0.495 e. The summed E-state index contributed by atoms with van der Waals surface area (Å²) in [5.41, 5.74) is 0.484. The van der Waals surface area contributed by atoms with E-state index in [9.17, 15) is 18.0 Å². The molecular weight excluding hydrogens is 394 g/mol. The van der Waals surface area contributed by atoms with Crippen molar-refractivity contribution in [2.45, 2.75) is 25.3 Å². The van der Waals surface area contributed by atoms with Gasteiger partial charge in [-0.2, -0.15) is 0 Å². The monoisotopic (exact) mass is 413 g/mol. The molecule has 1 amide bonds. The van der Waals surface area contributed by atoms with Gasteiger partial charge < -0.3 is 9.47 Å². The van der Waals surface area contributed by atoms with Crippen molar-refractivity contribution in [3.8, 4) is 5.75 Å². The van der Waals surface area contributed by atoms with Gasteiger partial charge in [-0.3, -0.25) is 9.69 Å². The quantitative estimate of drug-likeness (QED) is 0.681. The van der Waals surface area contributed by atoms with Crippen LogP contribution in [-0.2, 0) is 26.2 Å². The molecule has 2 rings (SSSR count). The van der Waals surface area contributed by atoms with Crippen molar-refractivity contribution in [3.05, 3.63) is 34.8 Å². The Kier molecular flexibility index (Phi) is 6.52. The first kappa shape index (κ1) is 20.8. The summed E-state index contributed by atoms with van der Waals surface area (Å²) in [6.45, 7) is 3.62. The third-order valence-electron chi connectivity index (χ3n) is 3.52. The molecule has 1 aromatic carbocycles. The molecule has 0 bridgehead atoms. The molecule has 0 aliphatic rings. The van der Waals surface area contributed by atoms with E-state index in [4.69, 9.17) is 14.6 Å². The first-order valence-corrected chi connectivity index (χ1v) is 10.2. The fraction of sp³-hybridized carbons (Fsp3) is 0.312. The summed E-state index contributed by atoms with van der Waals surface area (Å²) in [5.74, 6) is -0.845. The zero-order chi connectivity index (χ0) is 20.2. The van der Waals surface area contributed by atoms with Gasteiger partial charge in [0.05, 0.1) is 18.4 Å². The molecule has 0 saturated carbocycles. The van der Waals surface area contributed by atoms with Gasteiger partial charge in [0, 0.05) is 18.8 Å². The van der Waals surface area contributed by atoms with E-state index in [1.807, 2.05) is 6.92 Å². The van der Waals surface area contributed by atoms with Gasteiger partial charge in [-0.15, -0.1) is 11.3 Å². The maximum atomic E-state index is 12.2. The van der Waals surface area contributed by atoms with Crippen molar-refractivity contribution in [2.24, 2.45) is 5.14 Å². The Morgan fingerprint density at radius 3 is 2.59 bits per heavy atom. The predicted octanol–water partition coefficient (Wildman–Crippen LogP) is 1.53. The molecule has 2 N–H and O–H groups in total. The number of nitrogens with zero attached hydrogens (tertiary/aromatic N) is 2. The summed E-state index contributed by atoms with van der Waals surface area (Å²) in [5, 5.41) is 7.32. The number of primary sulfonamides is 1. The highest BCUT2D eigenvalue weighted by atomic mass is 32.2. The van der Waals surface area contributed by atoms with Crippen LogP contribution in [0.4, 0.5) is 5.13 Å². The van der Waals surface area contributed by atoms with Crippen LogP contribution in [0.3, 0.4) is 0 Å². The first-order valence-electron chi connectivity index (χ1n) is 7.77. The average molecular weight is 413 g/mol. The molecule has 146 valence electrons. The van der Waals surface area contributed by atoms with E-state index in [0.717, 1.165) is 6.07 Å². The highest BCUT2D eigenvalue weighted by molar-refractivity contribution is 7.89. The minimum atomic E-state index is -4.07. The Hall–Kier alpha value is -2.50. The lowest BCUT2D eigenvalue weighted by Crippen LogP contribution is -2.27. The molecule has 0 atom stereocenters. The Morgan fingerprint density at radius 2 is 2.04 bits per heavy atom. The molecule has 0 radical (unpaired) electrons. The summed E-state index contributed by atoms with van der Waals surface area (Å²) < 4.78 is 33.4. The molecule has 2 aromatic rings. The fourth-order valence-electron chi connectivity index (χ4n) is 2.23. The lowest BCUT2D eigenvalue weighted by Gasteiger charge is -2.14. The Bertz CT molecular complexity index is 955. The van der Waals surface area contributed by atoms with Gasteiger partial charge in [0.2, 0.25) is 15.9 Å². The second-order valence-corrected chi connectivity index (χ2v) is 7.74. The van der Waals surface area contributed by atoms with Crippen LogP contribution >= 0.6 is 11.3 Å². The molecule has 11 heteroatoms. The number of carbonyl (C=O) groups is 2. The van der Waals surface area contributed by atoms with Crippen LogP contribution < -0.4 is 14.8 Å². The number of ether oxygens (including phenoxy) is 2. The van der Waals surface area contributed by atoms with E-state index in [2.05, 4.69) is 4.98 Å². The summed E-state index contributed by atoms with van der Waals surface area (Å²) in [6.07, 6.45) is 0. The Balaban J connectivity index is 2.13. The molecule has 27 heavy (non-hydrogen) atoms. The van der Waals surface area contributed by atoms with Gasteiger partial charge in [0.15, 0.2) is 5.13 Å². The van der Waals surface area contributed by atoms with Gasteiger partial charge in [0.25, 0.3) is 0 Å². The molecule has 0 fully saturated rings. The van der Waals surface area contributed by atoms with E-state index in [0.29, 0.717) is 17.4 Å². The van der Waals surface area contributed by atoms with E-state index < -0.39 is 16.0 Å². The number of amides is 1. The number of aromatic nitrogens is 1. The second kappa shape index (κ2) is 8.46. The van der Waals surface area contributed by atoms with Crippen LogP contribution in [0.1, 0.15) is 29.9 Å². The average Bonchev–Trinajstić information content (AvgIpc) is 3.07. The number of carbonyl (C=O) groups excluding carboxylic acids is 2. The number of hydrogen-bond donors (Lipinski definition) is 1. The molecule has 0 aliphatic carbocycles. The topological polar surface area (TPSA) is 129 Å². The summed E-state index contributed by atoms with van der Waals surface area (Å²) in [7, 11) is -2.77. The van der Waals surface area contributed by atoms with E-state index in [1.54, 1.807) is 5.38 Å². The smallest absolute Gasteiger partial charge is 0.338 e. The zero-order valence-corrected chi connectivity index (χ0v) is 16.6. The number of benzene rings is 1.